The summed E-state index contributed by atoms with van der Waals surface area (Å²) in [5, 5.41) is 16.5. The summed E-state index contributed by atoms with van der Waals surface area (Å²) >= 11 is 0. The molecule has 0 radical (unpaired) electrons. The topological polar surface area (TPSA) is 74.6 Å². The first-order chi connectivity index (χ1) is 11.3. The van der Waals surface area contributed by atoms with Crippen molar-refractivity contribution < 1.29 is 4.74 Å². The Morgan fingerprint density at radius 3 is 2.70 bits per heavy atom. The first-order valence-corrected chi connectivity index (χ1v) is 7.03. The number of benzene rings is 1. The van der Waals surface area contributed by atoms with E-state index in [-0.39, 0.29) is 0 Å². The number of nitrogens with one attached hydrogen (secondary N) is 1. The predicted octanol–water partition coefficient (Wildman–Crippen LogP) is 3.54. The van der Waals surface area contributed by atoms with Gasteiger partial charge in [-0.3, -0.25) is 10.1 Å². The third kappa shape index (κ3) is 3.11. The molecule has 0 spiro atoms. The normalized spacial score (nSPS) is 11.0. The van der Waals surface area contributed by atoms with Crippen LogP contribution in [0.15, 0.2) is 54.9 Å². The van der Waals surface area contributed by atoms with E-state index in [0.29, 0.717) is 11.3 Å². The van der Waals surface area contributed by atoms with Gasteiger partial charge in [-0.1, -0.05) is 6.07 Å². The number of nitriles is 1. The minimum Gasteiger partial charge on any atom is -0.497 e. The minimum atomic E-state index is 0.488. The highest BCUT2D eigenvalue weighted by Gasteiger charge is 2.09. The molecule has 112 valence electrons. The summed E-state index contributed by atoms with van der Waals surface area (Å²) in [4.78, 5) is 4.22. The van der Waals surface area contributed by atoms with Crippen molar-refractivity contribution in [1.82, 2.24) is 15.2 Å². The maximum atomic E-state index is 9.40. The van der Waals surface area contributed by atoms with Crippen molar-refractivity contribution >= 4 is 11.6 Å². The van der Waals surface area contributed by atoms with Crippen molar-refractivity contribution in [3.05, 3.63) is 66.1 Å². The van der Waals surface area contributed by atoms with Crippen LogP contribution in [0.25, 0.3) is 22.9 Å². The molecule has 3 aromatic rings. The SMILES string of the molecule is COc1ccc(-c2[nH]ncc2/C=C(\C#N)c2ccccn2)cc1. The van der Waals surface area contributed by atoms with E-state index >= 15 is 0 Å². The number of ether oxygens (including phenoxy) is 1. The van der Waals surface area contributed by atoms with Gasteiger partial charge in [-0.25, -0.2) is 0 Å². The van der Waals surface area contributed by atoms with Gasteiger partial charge in [0.15, 0.2) is 0 Å². The largest absolute Gasteiger partial charge is 0.497 e. The molecule has 1 aromatic carbocycles. The number of rotatable bonds is 4. The highest BCUT2D eigenvalue weighted by atomic mass is 16.5. The zero-order valence-electron chi connectivity index (χ0n) is 12.5. The third-order valence-electron chi connectivity index (χ3n) is 3.41. The van der Waals surface area contributed by atoms with E-state index in [0.717, 1.165) is 22.6 Å². The van der Waals surface area contributed by atoms with Crippen molar-refractivity contribution in [2.24, 2.45) is 0 Å². The summed E-state index contributed by atoms with van der Waals surface area (Å²) in [6.07, 6.45) is 5.14. The minimum absolute atomic E-state index is 0.488. The molecule has 0 aliphatic carbocycles. The van der Waals surface area contributed by atoms with Crippen LogP contribution in [0.3, 0.4) is 0 Å². The van der Waals surface area contributed by atoms with Gasteiger partial charge in [0.05, 0.1) is 30.3 Å². The van der Waals surface area contributed by atoms with Crippen LogP contribution in [0.2, 0.25) is 0 Å². The Morgan fingerprint density at radius 1 is 1.22 bits per heavy atom. The first kappa shape index (κ1) is 14.5. The smallest absolute Gasteiger partial charge is 0.118 e. The molecule has 2 aromatic heterocycles. The Kier molecular flexibility index (Phi) is 4.16. The Labute approximate surface area is 133 Å². The fourth-order valence-electron chi connectivity index (χ4n) is 2.23. The van der Waals surface area contributed by atoms with E-state index in [1.807, 2.05) is 42.5 Å². The predicted molar refractivity (Wildman–Crippen MR) is 88.3 cm³/mol. The number of hydrogen-bond donors (Lipinski definition) is 1. The average Bonchev–Trinajstić information content (AvgIpc) is 3.08. The molecule has 0 atom stereocenters. The van der Waals surface area contributed by atoms with E-state index < -0.39 is 0 Å². The molecule has 0 aliphatic rings. The number of H-pyrrole nitrogens is 1. The van der Waals surface area contributed by atoms with Crippen molar-refractivity contribution in [3.63, 3.8) is 0 Å². The lowest BCUT2D eigenvalue weighted by molar-refractivity contribution is 0.415. The Hall–Kier alpha value is -3.39. The molecule has 5 heteroatoms. The zero-order chi connectivity index (χ0) is 16.1. The van der Waals surface area contributed by atoms with Gasteiger partial charge in [0.25, 0.3) is 0 Å². The lowest BCUT2D eigenvalue weighted by Gasteiger charge is -2.03. The number of aromatic amines is 1. The van der Waals surface area contributed by atoms with Crippen LogP contribution in [-0.4, -0.2) is 22.3 Å². The molecule has 0 unspecified atom stereocenters. The fraction of sp³-hybridized carbons (Fsp3) is 0.0556. The third-order valence-corrected chi connectivity index (χ3v) is 3.41. The zero-order valence-corrected chi connectivity index (χ0v) is 12.5. The number of pyridine rings is 1. The Morgan fingerprint density at radius 2 is 2.04 bits per heavy atom. The summed E-state index contributed by atoms with van der Waals surface area (Å²) in [6, 6.07) is 15.3. The second-order valence-corrected chi connectivity index (χ2v) is 4.81. The van der Waals surface area contributed by atoms with Gasteiger partial charge in [-0.15, -0.1) is 0 Å². The van der Waals surface area contributed by atoms with E-state index in [1.165, 1.54) is 0 Å². The van der Waals surface area contributed by atoms with Crippen molar-refractivity contribution in [2.45, 2.75) is 0 Å². The molecule has 0 bridgehead atoms. The van der Waals surface area contributed by atoms with Crippen LogP contribution in [0.5, 0.6) is 5.75 Å². The highest BCUT2D eigenvalue weighted by molar-refractivity contribution is 5.91. The quantitative estimate of drug-likeness (QED) is 0.748. The monoisotopic (exact) mass is 302 g/mol. The first-order valence-electron chi connectivity index (χ1n) is 7.03. The molecular formula is C18H14N4O. The fourth-order valence-corrected chi connectivity index (χ4v) is 2.23. The van der Waals surface area contributed by atoms with Gasteiger partial charge in [-0.2, -0.15) is 10.4 Å². The van der Waals surface area contributed by atoms with Gasteiger partial charge in [0.1, 0.15) is 11.8 Å². The maximum Gasteiger partial charge on any atom is 0.118 e. The van der Waals surface area contributed by atoms with E-state index in [4.69, 9.17) is 4.74 Å². The summed E-state index contributed by atoms with van der Waals surface area (Å²) in [5.41, 5.74) is 3.76. The second-order valence-electron chi connectivity index (χ2n) is 4.81. The average molecular weight is 302 g/mol. The second kappa shape index (κ2) is 6.58. The van der Waals surface area contributed by atoms with Gasteiger partial charge in [-0.05, 0) is 42.5 Å². The molecule has 0 aliphatic heterocycles. The number of aromatic nitrogens is 3. The van der Waals surface area contributed by atoms with Crippen LogP contribution < -0.4 is 4.74 Å². The van der Waals surface area contributed by atoms with Crippen LogP contribution in [0, 0.1) is 11.3 Å². The van der Waals surface area contributed by atoms with Gasteiger partial charge in [0, 0.05) is 17.3 Å². The number of hydrogen-bond acceptors (Lipinski definition) is 4. The van der Waals surface area contributed by atoms with Crippen LogP contribution in [0.1, 0.15) is 11.3 Å². The summed E-state index contributed by atoms with van der Waals surface area (Å²) < 4.78 is 5.17. The molecule has 0 fully saturated rings. The molecule has 23 heavy (non-hydrogen) atoms. The Balaban J connectivity index is 2.00. The summed E-state index contributed by atoms with van der Waals surface area (Å²) in [7, 11) is 1.63. The highest BCUT2D eigenvalue weighted by Crippen LogP contribution is 2.26. The van der Waals surface area contributed by atoms with Crippen molar-refractivity contribution in [2.75, 3.05) is 7.11 Å². The molecule has 3 rings (SSSR count). The lowest BCUT2D eigenvalue weighted by atomic mass is 10.0. The Bertz CT molecular complexity index is 858. The van der Waals surface area contributed by atoms with Crippen LogP contribution in [-0.2, 0) is 0 Å². The number of methoxy groups -OCH3 is 1. The lowest BCUT2D eigenvalue weighted by Crippen LogP contribution is -1.87. The number of nitrogens with zero attached hydrogens (tertiary/aromatic N) is 3. The standard InChI is InChI=1S/C18H14N4O/c1-23-16-7-5-13(6-8-16)18-15(12-21-22-18)10-14(11-19)17-4-2-3-9-20-17/h2-10,12H,1H3,(H,21,22)/b14-10+. The number of allylic oxidation sites excluding steroid dienone is 1. The molecule has 0 amide bonds. The molecule has 2 heterocycles. The van der Waals surface area contributed by atoms with Gasteiger partial charge in [0.2, 0.25) is 0 Å². The molecular weight excluding hydrogens is 288 g/mol. The molecule has 5 nitrogen and oxygen atoms in total. The van der Waals surface area contributed by atoms with Gasteiger partial charge >= 0.3 is 0 Å². The van der Waals surface area contributed by atoms with Gasteiger partial charge < -0.3 is 4.74 Å². The summed E-state index contributed by atoms with van der Waals surface area (Å²) in [5.74, 6) is 0.788. The maximum absolute atomic E-state index is 9.40. The summed E-state index contributed by atoms with van der Waals surface area (Å²) in [6.45, 7) is 0. The molecule has 0 saturated heterocycles. The van der Waals surface area contributed by atoms with Crippen LogP contribution in [0.4, 0.5) is 0 Å². The van der Waals surface area contributed by atoms with E-state index in [2.05, 4.69) is 21.3 Å². The van der Waals surface area contributed by atoms with E-state index in [9.17, 15) is 5.26 Å². The van der Waals surface area contributed by atoms with E-state index in [1.54, 1.807) is 25.6 Å². The van der Waals surface area contributed by atoms with Crippen molar-refractivity contribution in [1.29, 1.82) is 5.26 Å². The molecule has 0 saturated carbocycles. The molecule has 1 N–H and O–H groups in total. The van der Waals surface area contributed by atoms with Crippen LogP contribution >= 0.6 is 0 Å². The van der Waals surface area contributed by atoms with Crippen molar-refractivity contribution in [3.8, 4) is 23.1 Å².